The normalized spacial score (nSPS) is 19.7. The van der Waals surface area contributed by atoms with Crippen LogP contribution in [0.25, 0.3) is 0 Å². The average Bonchev–Trinajstić information content (AvgIpc) is 3.22. The highest BCUT2D eigenvalue weighted by Crippen LogP contribution is 2.50. The molecule has 7 heteroatoms. The van der Waals surface area contributed by atoms with Crippen LogP contribution in [0.1, 0.15) is 17.9 Å². The molecular formula is C16H17F2N3O2. The van der Waals surface area contributed by atoms with Crippen molar-refractivity contribution in [1.82, 2.24) is 9.78 Å². The second-order valence-corrected chi connectivity index (χ2v) is 5.52. The number of methoxy groups -OCH3 is 1. The van der Waals surface area contributed by atoms with Crippen molar-refractivity contribution >= 4 is 11.6 Å². The minimum Gasteiger partial charge on any atom is -0.496 e. The second kappa shape index (κ2) is 6.36. The molecule has 0 spiro atoms. The zero-order valence-electron chi connectivity index (χ0n) is 12.6. The number of hydrogen-bond donors (Lipinski definition) is 1. The van der Waals surface area contributed by atoms with Crippen LogP contribution in [0.5, 0.6) is 5.75 Å². The highest BCUT2D eigenvalue weighted by molar-refractivity contribution is 5.95. The topological polar surface area (TPSA) is 56.1 Å². The summed E-state index contributed by atoms with van der Waals surface area (Å²) < 4.78 is 31.0. The van der Waals surface area contributed by atoms with E-state index in [0.717, 1.165) is 22.4 Å². The number of nitrogens with zero attached hydrogens (tertiary/aromatic N) is 2. The first-order chi connectivity index (χ1) is 11.1. The van der Waals surface area contributed by atoms with Gasteiger partial charge in [-0.25, -0.2) is 8.78 Å². The summed E-state index contributed by atoms with van der Waals surface area (Å²) in [7, 11) is 1.60. The third-order valence-electron chi connectivity index (χ3n) is 3.89. The van der Waals surface area contributed by atoms with E-state index in [1.807, 2.05) is 24.3 Å². The number of rotatable bonds is 6. The van der Waals surface area contributed by atoms with Crippen molar-refractivity contribution in [2.45, 2.75) is 25.3 Å². The van der Waals surface area contributed by atoms with E-state index < -0.39 is 13.0 Å². The smallest absolute Gasteiger partial charge is 0.257 e. The molecule has 1 aromatic heterocycles. The molecule has 1 saturated carbocycles. The van der Waals surface area contributed by atoms with Crippen LogP contribution >= 0.6 is 0 Å². The molecule has 1 aromatic carbocycles. The SMILES string of the molecule is COc1ccccc1C1CC1C(=O)Nc1cnn(CC(F)F)c1. The molecule has 122 valence electrons. The van der Waals surface area contributed by atoms with E-state index in [2.05, 4.69) is 10.4 Å². The Balaban J connectivity index is 1.61. The molecule has 0 radical (unpaired) electrons. The van der Waals surface area contributed by atoms with E-state index in [-0.39, 0.29) is 17.7 Å². The molecule has 5 nitrogen and oxygen atoms in total. The van der Waals surface area contributed by atoms with Crippen LogP contribution in [0.2, 0.25) is 0 Å². The lowest BCUT2D eigenvalue weighted by Crippen LogP contribution is -2.14. The number of para-hydroxylation sites is 1. The van der Waals surface area contributed by atoms with E-state index in [1.54, 1.807) is 7.11 Å². The van der Waals surface area contributed by atoms with Crippen LogP contribution < -0.4 is 10.1 Å². The fourth-order valence-corrected chi connectivity index (χ4v) is 2.71. The Hall–Kier alpha value is -2.44. The van der Waals surface area contributed by atoms with Gasteiger partial charge in [0.25, 0.3) is 6.43 Å². The molecule has 2 unspecified atom stereocenters. The Morgan fingerprint density at radius 3 is 3.00 bits per heavy atom. The number of halogens is 2. The van der Waals surface area contributed by atoms with Gasteiger partial charge in [-0.15, -0.1) is 0 Å². The number of alkyl halides is 2. The van der Waals surface area contributed by atoms with Crippen LogP contribution in [0.3, 0.4) is 0 Å². The second-order valence-electron chi connectivity index (χ2n) is 5.52. The molecule has 1 aliphatic carbocycles. The molecule has 1 fully saturated rings. The lowest BCUT2D eigenvalue weighted by molar-refractivity contribution is -0.117. The van der Waals surface area contributed by atoms with Gasteiger partial charge in [-0.05, 0) is 24.0 Å². The standard InChI is InChI=1S/C16H17F2N3O2/c1-23-14-5-3-2-4-11(14)12-6-13(12)16(22)20-10-7-19-21(8-10)9-15(17)18/h2-5,7-8,12-13,15H,6,9H2,1H3,(H,20,22). The predicted molar refractivity (Wildman–Crippen MR) is 80.7 cm³/mol. The van der Waals surface area contributed by atoms with E-state index in [9.17, 15) is 13.6 Å². The fourth-order valence-electron chi connectivity index (χ4n) is 2.71. The number of carbonyl (C=O) groups is 1. The van der Waals surface area contributed by atoms with Gasteiger partial charge >= 0.3 is 0 Å². The van der Waals surface area contributed by atoms with Gasteiger partial charge in [0.2, 0.25) is 5.91 Å². The molecule has 3 rings (SSSR count). The van der Waals surface area contributed by atoms with E-state index in [1.165, 1.54) is 12.4 Å². The third-order valence-corrected chi connectivity index (χ3v) is 3.89. The van der Waals surface area contributed by atoms with Crippen molar-refractivity contribution in [3.63, 3.8) is 0 Å². The molecule has 23 heavy (non-hydrogen) atoms. The number of benzene rings is 1. The van der Waals surface area contributed by atoms with Crippen LogP contribution in [0.4, 0.5) is 14.5 Å². The van der Waals surface area contributed by atoms with Crippen molar-refractivity contribution in [3.05, 3.63) is 42.2 Å². The van der Waals surface area contributed by atoms with Crippen LogP contribution in [0.15, 0.2) is 36.7 Å². The van der Waals surface area contributed by atoms with Gasteiger partial charge in [0, 0.05) is 12.1 Å². The van der Waals surface area contributed by atoms with Gasteiger partial charge in [0.15, 0.2) is 0 Å². The average molecular weight is 321 g/mol. The number of amides is 1. The van der Waals surface area contributed by atoms with E-state index in [4.69, 9.17) is 4.74 Å². The zero-order valence-corrected chi connectivity index (χ0v) is 12.6. The van der Waals surface area contributed by atoms with Gasteiger partial charge in [0.05, 0.1) is 19.0 Å². The summed E-state index contributed by atoms with van der Waals surface area (Å²) >= 11 is 0. The first kappa shape index (κ1) is 15.5. The largest absolute Gasteiger partial charge is 0.496 e. The number of aromatic nitrogens is 2. The number of anilines is 1. The number of carbonyl (C=O) groups excluding carboxylic acids is 1. The van der Waals surface area contributed by atoms with Crippen LogP contribution in [0, 0.1) is 5.92 Å². The third kappa shape index (κ3) is 3.49. The minimum atomic E-state index is -2.48. The molecule has 0 bridgehead atoms. The maximum absolute atomic E-state index is 12.3. The highest BCUT2D eigenvalue weighted by Gasteiger charge is 2.45. The number of nitrogens with one attached hydrogen (secondary N) is 1. The van der Waals surface area contributed by atoms with Crippen molar-refractivity contribution < 1.29 is 18.3 Å². The quantitative estimate of drug-likeness (QED) is 0.890. The van der Waals surface area contributed by atoms with Crippen LogP contribution in [-0.2, 0) is 11.3 Å². The molecule has 0 aliphatic heterocycles. The fraction of sp³-hybridized carbons (Fsp3) is 0.375. The highest BCUT2D eigenvalue weighted by atomic mass is 19.3. The van der Waals surface area contributed by atoms with Crippen molar-refractivity contribution in [2.75, 3.05) is 12.4 Å². The molecule has 1 heterocycles. The van der Waals surface area contributed by atoms with Crippen molar-refractivity contribution in [2.24, 2.45) is 5.92 Å². The maximum atomic E-state index is 12.3. The minimum absolute atomic E-state index is 0.127. The molecule has 1 amide bonds. The monoisotopic (exact) mass is 321 g/mol. The Morgan fingerprint density at radius 2 is 2.26 bits per heavy atom. The van der Waals surface area contributed by atoms with E-state index >= 15 is 0 Å². The van der Waals surface area contributed by atoms with Crippen molar-refractivity contribution in [1.29, 1.82) is 0 Å². The lowest BCUT2D eigenvalue weighted by Gasteiger charge is -2.07. The Morgan fingerprint density at radius 1 is 1.48 bits per heavy atom. The lowest BCUT2D eigenvalue weighted by atomic mass is 10.1. The molecule has 1 aliphatic rings. The number of hydrogen-bond acceptors (Lipinski definition) is 3. The van der Waals surface area contributed by atoms with Gasteiger partial charge in [0.1, 0.15) is 12.3 Å². The van der Waals surface area contributed by atoms with E-state index in [0.29, 0.717) is 5.69 Å². The maximum Gasteiger partial charge on any atom is 0.257 e. The summed E-state index contributed by atoms with van der Waals surface area (Å²) in [5.41, 5.74) is 1.45. The molecular weight excluding hydrogens is 304 g/mol. The van der Waals surface area contributed by atoms with Gasteiger partial charge in [-0.1, -0.05) is 18.2 Å². The number of ether oxygens (including phenoxy) is 1. The Kier molecular flexibility index (Phi) is 4.27. The first-order valence-corrected chi connectivity index (χ1v) is 7.33. The molecule has 0 saturated heterocycles. The Bertz CT molecular complexity index is 702. The van der Waals surface area contributed by atoms with Gasteiger partial charge in [-0.2, -0.15) is 5.10 Å². The summed E-state index contributed by atoms with van der Waals surface area (Å²) in [4.78, 5) is 12.3. The zero-order chi connectivity index (χ0) is 16.4. The molecule has 2 atom stereocenters. The summed E-state index contributed by atoms with van der Waals surface area (Å²) in [6, 6.07) is 7.63. The van der Waals surface area contributed by atoms with Gasteiger partial charge in [-0.3, -0.25) is 9.48 Å². The molecule has 1 N–H and O–H groups in total. The summed E-state index contributed by atoms with van der Waals surface area (Å²) in [5.74, 6) is 0.641. The Labute approximate surface area is 132 Å². The first-order valence-electron chi connectivity index (χ1n) is 7.33. The summed E-state index contributed by atoms with van der Waals surface area (Å²) in [6.45, 7) is -0.483. The molecule has 2 aromatic rings. The predicted octanol–water partition coefficient (Wildman–Crippen LogP) is 2.90. The summed E-state index contributed by atoms with van der Waals surface area (Å²) in [6.07, 6.45) is 1.06. The van der Waals surface area contributed by atoms with Crippen LogP contribution in [-0.4, -0.2) is 29.2 Å². The van der Waals surface area contributed by atoms with Crippen molar-refractivity contribution in [3.8, 4) is 5.75 Å². The van der Waals surface area contributed by atoms with Gasteiger partial charge < -0.3 is 10.1 Å². The summed E-state index contributed by atoms with van der Waals surface area (Å²) in [5, 5.41) is 6.52.